The highest BCUT2D eigenvalue weighted by atomic mass is 15.2. The molecule has 0 fully saturated rings. The van der Waals surface area contributed by atoms with Gasteiger partial charge < -0.3 is 10.6 Å². The average molecular weight is 364 g/mol. The molecule has 2 N–H and O–H groups in total. The van der Waals surface area contributed by atoms with E-state index in [0.29, 0.717) is 0 Å². The van der Waals surface area contributed by atoms with E-state index in [1.807, 2.05) is 0 Å². The number of aliphatic imine (C=N–C) groups is 1. The van der Waals surface area contributed by atoms with E-state index in [2.05, 4.69) is 29.0 Å². The van der Waals surface area contributed by atoms with Gasteiger partial charge in [-0.2, -0.15) is 0 Å². The molecule has 1 rings (SSSR count). The minimum Gasteiger partial charge on any atom is -0.357 e. The monoisotopic (exact) mass is 363 g/mol. The Kier molecular flexibility index (Phi) is 15.7. The number of unbranched alkanes of at least 4 members (excludes halogenated alkanes) is 12. The van der Waals surface area contributed by atoms with Crippen LogP contribution < -0.4 is 5.73 Å². The first-order chi connectivity index (χ1) is 12.9. The number of allylic oxidation sites excluding steroid dienone is 2. The number of rotatable bonds is 18. The van der Waals surface area contributed by atoms with Crippen molar-refractivity contribution in [3.8, 4) is 0 Å². The van der Waals surface area contributed by atoms with E-state index < -0.39 is 0 Å². The van der Waals surface area contributed by atoms with Gasteiger partial charge in [-0.15, -0.1) is 0 Å². The fraction of sp³-hybridized carbons (Fsp3) is 0.870. The highest BCUT2D eigenvalue weighted by Crippen LogP contribution is 2.13. The van der Waals surface area contributed by atoms with Crippen LogP contribution >= 0.6 is 0 Å². The van der Waals surface area contributed by atoms with E-state index in [-0.39, 0.29) is 0 Å². The lowest BCUT2D eigenvalue weighted by molar-refractivity contribution is 0.456. The molecule has 26 heavy (non-hydrogen) atoms. The van der Waals surface area contributed by atoms with Crippen molar-refractivity contribution in [3.05, 3.63) is 12.2 Å². The van der Waals surface area contributed by atoms with E-state index in [9.17, 15) is 0 Å². The molecule has 3 heteroatoms. The summed E-state index contributed by atoms with van der Waals surface area (Å²) in [4.78, 5) is 7.00. The molecule has 0 aromatic rings. The van der Waals surface area contributed by atoms with Gasteiger partial charge in [0.15, 0.2) is 0 Å². The smallest absolute Gasteiger partial charge is 0.0990 e. The molecule has 0 saturated heterocycles. The van der Waals surface area contributed by atoms with Crippen LogP contribution in [-0.2, 0) is 0 Å². The lowest BCUT2D eigenvalue weighted by Crippen LogP contribution is -2.32. The number of hydrogen-bond donors (Lipinski definition) is 1. The second-order valence-corrected chi connectivity index (χ2v) is 7.76. The van der Waals surface area contributed by atoms with Gasteiger partial charge in [0, 0.05) is 26.1 Å². The van der Waals surface area contributed by atoms with Crippen molar-refractivity contribution in [1.82, 2.24) is 4.90 Å². The first-order valence-electron chi connectivity index (χ1n) is 11.5. The first-order valence-corrected chi connectivity index (χ1v) is 11.5. The second kappa shape index (κ2) is 17.6. The largest absolute Gasteiger partial charge is 0.357 e. The van der Waals surface area contributed by atoms with Gasteiger partial charge in [0.2, 0.25) is 0 Å². The molecule has 0 radical (unpaired) electrons. The van der Waals surface area contributed by atoms with Crippen molar-refractivity contribution in [1.29, 1.82) is 0 Å². The Balaban J connectivity index is 1.79. The Morgan fingerprint density at radius 1 is 0.846 bits per heavy atom. The minimum atomic E-state index is 0.744. The van der Waals surface area contributed by atoms with Gasteiger partial charge in [-0.25, -0.2) is 0 Å². The van der Waals surface area contributed by atoms with Crippen LogP contribution in [-0.4, -0.2) is 36.9 Å². The second-order valence-electron chi connectivity index (χ2n) is 7.76. The molecule has 152 valence electrons. The number of amidine groups is 1. The summed E-state index contributed by atoms with van der Waals surface area (Å²) in [6, 6.07) is 0. The highest BCUT2D eigenvalue weighted by Gasteiger charge is 2.14. The minimum absolute atomic E-state index is 0.744. The number of hydrogen-bond acceptors (Lipinski definition) is 3. The topological polar surface area (TPSA) is 41.6 Å². The summed E-state index contributed by atoms with van der Waals surface area (Å²) in [6.07, 6.45) is 25.1. The number of nitrogens with zero attached hydrogens (tertiary/aromatic N) is 2. The molecule has 0 atom stereocenters. The zero-order valence-corrected chi connectivity index (χ0v) is 17.6. The van der Waals surface area contributed by atoms with Gasteiger partial charge >= 0.3 is 0 Å². The highest BCUT2D eigenvalue weighted by molar-refractivity contribution is 5.83. The standard InChI is InChI=1S/C23H45N3/c1-2-3-4-5-6-7-8-9-10-11-12-13-14-15-16-17-18-23-25-20-22-26(23)21-19-24/h7-8H,2-6,9-22,24H2,1H3/b8-7+. The van der Waals surface area contributed by atoms with Crippen LogP contribution in [0.5, 0.6) is 0 Å². The first kappa shape index (κ1) is 23.2. The zero-order chi connectivity index (χ0) is 18.7. The third-order valence-corrected chi connectivity index (χ3v) is 5.34. The summed E-state index contributed by atoms with van der Waals surface area (Å²) in [5, 5.41) is 0. The van der Waals surface area contributed by atoms with Crippen molar-refractivity contribution >= 4 is 5.84 Å². The van der Waals surface area contributed by atoms with Gasteiger partial charge in [0.1, 0.15) is 0 Å². The molecule has 0 aromatic carbocycles. The quantitative estimate of drug-likeness (QED) is 0.236. The zero-order valence-electron chi connectivity index (χ0n) is 17.6. The summed E-state index contributed by atoms with van der Waals surface area (Å²) in [5.74, 6) is 1.31. The summed E-state index contributed by atoms with van der Waals surface area (Å²) in [6.45, 7) is 6.06. The Bertz CT molecular complexity index is 362. The van der Waals surface area contributed by atoms with Crippen molar-refractivity contribution in [2.45, 2.75) is 103 Å². The molecule has 0 aromatic heterocycles. The third kappa shape index (κ3) is 12.5. The lowest BCUT2D eigenvalue weighted by Gasteiger charge is -2.19. The van der Waals surface area contributed by atoms with Gasteiger partial charge in [-0.05, 0) is 32.1 Å². The van der Waals surface area contributed by atoms with Crippen LogP contribution in [0.2, 0.25) is 0 Å². The molecule has 0 spiro atoms. The van der Waals surface area contributed by atoms with E-state index in [1.54, 1.807) is 0 Å². The summed E-state index contributed by atoms with van der Waals surface area (Å²) in [5.41, 5.74) is 5.66. The van der Waals surface area contributed by atoms with Crippen molar-refractivity contribution in [3.63, 3.8) is 0 Å². The molecule has 1 aliphatic rings. The van der Waals surface area contributed by atoms with Gasteiger partial charge in [-0.3, -0.25) is 4.99 Å². The van der Waals surface area contributed by atoms with Crippen molar-refractivity contribution in [2.24, 2.45) is 10.7 Å². The van der Waals surface area contributed by atoms with Crippen LogP contribution in [0.15, 0.2) is 17.1 Å². The third-order valence-electron chi connectivity index (χ3n) is 5.34. The van der Waals surface area contributed by atoms with E-state index in [1.165, 1.54) is 95.7 Å². The Morgan fingerprint density at radius 2 is 1.42 bits per heavy atom. The Labute approximate surface area is 163 Å². The molecule has 0 bridgehead atoms. The molecule has 0 unspecified atom stereocenters. The SMILES string of the molecule is CCCCCC/C=C/CCCCCCCCCCC1=NCCN1CCN. The molecule has 0 saturated carbocycles. The maximum atomic E-state index is 5.66. The van der Waals surface area contributed by atoms with Crippen LogP contribution in [0.1, 0.15) is 103 Å². The summed E-state index contributed by atoms with van der Waals surface area (Å²) in [7, 11) is 0. The average Bonchev–Trinajstić information content (AvgIpc) is 3.09. The predicted molar refractivity (Wildman–Crippen MR) is 117 cm³/mol. The number of nitrogens with two attached hydrogens (primary N) is 1. The van der Waals surface area contributed by atoms with Crippen molar-refractivity contribution < 1.29 is 0 Å². The summed E-state index contributed by atoms with van der Waals surface area (Å²) >= 11 is 0. The lowest BCUT2D eigenvalue weighted by atomic mass is 10.1. The fourth-order valence-corrected chi connectivity index (χ4v) is 3.69. The Hall–Kier alpha value is -0.830. The van der Waals surface area contributed by atoms with Gasteiger partial charge in [-0.1, -0.05) is 76.9 Å². The molecule has 1 heterocycles. The van der Waals surface area contributed by atoms with Gasteiger partial charge in [0.05, 0.1) is 12.4 Å². The van der Waals surface area contributed by atoms with Crippen molar-refractivity contribution in [2.75, 3.05) is 26.2 Å². The maximum Gasteiger partial charge on any atom is 0.0990 e. The molecule has 0 aliphatic carbocycles. The molecule has 0 amide bonds. The van der Waals surface area contributed by atoms with Gasteiger partial charge in [0.25, 0.3) is 0 Å². The van der Waals surface area contributed by atoms with Crippen LogP contribution in [0.25, 0.3) is 0 Å². The molecule has 1 aliphatic heterocycles. The normalized spacial score (nSPS) is 14.5. The van der Waals surface area contributed by atoms with Crippen LogP contribution in [0.3, 0.4) is 0 Å². The molecular weight excluding hydrogens is 318 g/mol. The van der Waals surface area contributed by atoms with E-state index in [4.69, 9.17) is 5.73 Å². The van der Waals surface area contributed by atoms with E-state index in [0.717, 1.165) is 32.6 Å². The molecule has 3 nitrogen and oxygen atoms in total. The maximum absolute atomic E-state index is 5.66. The van der Waals surface area contributed by atoms with Crippen LogP contribution in [0.4, 0.5) is 0 Å². The van der Waals surface area contributed by atoms with E-state index >= 15 is 0 Å². The Morgan fingerprint density at radius 3 is 2.04 bits per heavy atom. The fourth-order valence-electron chi connectivity index (χ4n) is 3.69. The summed E-state index contributed by atoms with van der Waals surface area (Å²) < 4.78 is 0. The molecular formula is C23H45N3. The van der Waals surface area contributed by atoms with Crippen LogP contribution in [0, 0.1) is 0 Å². The predicted octanol–water partition coefficient (Wildman–Crippen LogP) is 6.09.